The van der Waals surface area contributed by atoms with E-state index in [1.807, 2.05) is 0 Å². The summed E-state index contributed by atoms with van der Waals surface area (Å²) in [5.41, 5.74) is 6.83. The molecule has 0 spiro atoms. The van der Waals surface area contributed by atoms with Gasteiger partial charge in [0.15, 0.2) is 0 Å². The number of benzene rings is 1. The average molecular weight is 302 g/mol. The second-order valence-electron chi connectivity index (χ2n) is 5.10. The second-order valence-corrected chi connectivity index (χ2v) is 5.95. The van der Waals surface area contributed by atoms with E-state index < -0.39 is 11.9 Å². The summed E-state index contributed by atoms with van der Waals surface area (Å²) in [5.74, 6) is -1.35. The van der Waals surface area contributed by atoms with Crippen molar-refractivity contribution in [3.05, 3.63) is 27.7 Å². The lowest BCUT2D eigenvalue weighted by Gasteiger charge is -2.28. The topological polar surface area (TPSA) is 63.3 Å². The highest BCUT2D eigenvalue weighted by Gasteiger charge is 2.32. The van der Waals surface area contributed by atoms with Crippen molar-refractivity contribution in [2.24, 2.45) is 5.92 Å². The van der Waals surface area contributed by atoms with Crippen LogP contribution in [0.15, 0.2) is 12.1 Å². The van der Waals surface area contributed by atoms with Crippen molar-refractivity contribution in [2.45, 2.75) is 38.0 Å². The first kappa shape index (κ1) is 14.5. The number of rotatable bonds is 3. The Morgan fingerprint density at radius 1 is 1.26 bits per heavy atom. The molecule has 1 saturated carbocycles. The van der Waals surface area contributed by atoms with E-state index >= 15 is 0 Å². The summed E-state index contributed by atoms with van der Waals surface area (Å²) in [6.07, 6.45) is 5.15. The van der Waals surface area contributed by atoms with Crippen LogP contribution >= 0.6 is 23.2 Å². The molecule has 0 saturated heterocycles. The maximum absolute atomic E-state index is 11.6. The molecule has 104 valence electrons. The molecular formula is C14H17Cl2NO2. The fourth-order valence-electron chi connectivity index (χ4n) is 2.92. The zero-order valence-corrected chi connectivity index (χ0v) is 12.0. The van der Waals surface area contributed by atoms with Gasteiger partial charge in [-0.1, -0.05) is 42.5 Å². The van der Waals surface area contributed by atoms with Gasteiger partial charge in [0.2, 0.25) is 0 Å². The number of hydrogen-bond acceptors (Lipinski definition) is 2. The third kappa shape index (κ3) is 3.15. The third-order valence-electron chi connectivity index (χ3n) is 3.85. The summed E-state index contributed by atoms with van der Waals surface area (Å²) in [5, 5.41) is 10.3. The highest BCUT2D eigenvalue weighted by Crippen LogP contribution is 2.41. The van der Waals surface area contributed by atoms with Gasteiger partial charge in [0.05, 0.1) is 16.6 Å². The highest BCUT2D eigenvalue weighted by atomic mass is 35.5. The number of hydrogen-bond donors (Lipinski definition) is 2. The summed E-state index contributed by atoms with van der Waals surface area (Å²) in [6.45, 7) is 0. The molecule has 2 rings (SSSR count). The first-order valence-corrected chi connectivity index (χ1v) is 7.23. The molecule has 0 radical (unpaired) electrons. The maximum atomic E-state index is 11.6. The molecule has 5 heteroatoms. The minimum atomic E-state index is -0.850. The van der Waals surface area contributed by atoms with E-state index in [0.29, 0.717) is 21.3 Å². The lowest BCUT2D eigenvalue weighted by Crippen LogP contribution is -2.24. The summed E-state index contributed by atoms with van der Waals surface area (Å²) < 4.78 is 0. The van der Waals surface area contributed by atoms with Gasteiger partial charge in [-0.3, -0.25) is 4.79 Å². The predicted octanol–water partition coefficient (Wildman–Crippen LogP) is 4.32. The van der Waals surface area contributed by atoms with Gasteiger partial charge < -0.3 is 10.8 Å². The summed E-state index contributed by atoms with van der Waals surface area (Å²) in [7, 11) is 0. The van der Waals surface area contributed by atoms with Crippen molar-refractivity contribution in [1.29, 1.82) is 0 Å². The second kappa shape index (κ2) is 6.02. The molecule has 1 fully saturated rings. The molecule has 3 nitrogen and oxygen atoms in total. The van der Waals surface area contributed by atoms with Crippen LogP contribution in [-0.4, -0.2) is 11.1 Å². The lowest BCUT2D eigenvalue weighted by atomic mass is 9.76. The van der Waals surface area contributed by atoms with Crippen molar-refractivity contribution in [2.75, 3.05) is 5.73 Å². The fraction of sp³-hybridized carbons (Fsp3) is 0.500. The van der Waals surface area contributed by atoms with E-state index in [-0.39, 0.29) is 5.92 Å². The Kier molecular flexibility index (Phi) is 4.58. The van der Waals surface area contributed by atoms with Gasteiger partial charge in [0, 0.05) is 5.02 Å². The lowest BCUT2D eigenvalue weighted by molar-refractivity contribution is -0.140. The normalized spacial score (nSPS) is 18.2. The van der Waals surface area contributed by atoms with E-state index in [1.54, 1.807) is 12.1 Å². The van der Waals surface area contributed by atoms with Crippen molar-refractivity contribution in [1.82, 2.24) is 0 Å². The van der Waals surface area contributed by atoms with E-state index in [4.69, 9.17) is 28.9 Å². The highest BCUT2D eigenvalue weighted by molar-refractivity contribution is 6.36. The van der Waals surface area contributed by atoms with Crippen molar-refractivity contribution < 1.29 is 9.90 Å². The zero-order valence-electron chi connectivity index (χ0n) is 10.5. The Hall–Kier alpha value is -0.930. The van der Waals surface area contributed by atoms with Crippen LogP contribution in [0.3, 0.4) is 0 Å². The van der Waals surface area contributed by atoms with Gasteiger partial charge in [0.1, 0.15) is 0 Å². The van der Waals surface area contributed by atoms with E-state index in [2.05, 4.69) is 0 Å². The number of nitrogens with two attached hydrogens (primary N) is 1. The smallest absolute Gasteiger partial charge is 0.311 e. The van der Waals surface area contributed by atoms with Crippen LogP contribution in [0.25, 0.3) is 0 Å². The number of aliphatic carboxylic acids is 1. The molecule has 1 aliphatic rings. The Morgan fingerprint density at radius 3 is 2.47 bits per heavy atom. The summed E-state index contributed by atoms with van der Waals surface area (Å²) in [4.78, 5) is 11.6. The number of carboxylic acid groups (broad SMARTS) is 1. The molecule has 1 aromatic rings. The minimum Gasteiger partial charge on any atom is -0.481 e. The standard InChI is InChI=1S/C14H17Cl2NO2/c15-9-6-10(13(17)11(16)7-9)12(14(18)19)8-4-2-1-3-5-8/h6-8,12H,1-5,17H2,(H,18,19). The molecule has 0 heterocycles. The quantitative estimate of drug-likeness (QED) is 0.817. The number of carboxylic acids is 1. The molecule has 0 aliphatic heterocycles. The summed E-state index contributed by atoms with van der Waals surface area (Å²) >= 11 is 12.0. The number of anilines is 1. The van der Waals surface area contributed by atoms with Crippen LogP contribution in [-0.2, 0) is 4.79 Å². The van der Waals surface area contributed by atoms with Crippen LogP contribution in [0.4, 0.5) is 5.69 Å². The van der Waals surface area contributed by atoms with Crippen LogP contribution in [0, 0.1) is 5.92 Å². The van der Waals surface area contributed by atoms with Gasteiger partial charge in [-0.2, -0.15) is 0 Å². The third-order valence-corrected chi connectivity index (χ3v) is 4.38. The van der Waals surface area contributed by atoms with Crippen LogP contribution < -0.4 is 5.73 Å². The van der Waals surface area contributed by atoms with Crippen LogP contribution in [0.5, 0.6) is 0 Å². The first-order valence-electron chi connectivity index (χ1n) is 6.48. The number of carbonyl (C=O) groups is 1. The molecule has 1 unspecified atom stereocenters. The van der Waals surface area contributed by atoms with Gasteiger partial charge in [-0.25, -0.2) is 0 Å². The number of halogens is 2. The van der Waals surface area contributed by atoms with E-state index in [1.165, 1.54) is 6.42 Å². The number of nitrogen functional groups attached to an aromatic ring is 1. The molecule has 0 aromatic heterocycles. The fourth-order valence-corrected chi connectivity index (χ4v) is 3.43. The first-order chi connectivity index (χ1) is 9.00. The van der Waals surface area contributed by atoms with E-state index in [0.717, 1.165) is 25.7 Å². The molecule has 0 bridgehead atoms. The van der Waals surface area contributed by atoms with Gasteiger partial charge in [-0.05, 0) is 36.5 Å². The minimum absolute atomic E-state index is 0.114. The molecule has 0 amide bonds. The Labute approximate surface area is 122 Å². The van der Waals surface area contributed by atoms with Crippen molar-refractivity contribution >= 4 is 34.9 Å². The molecule has 1 aliphatic carbocycles. The molecule has 1 atom stereocenters. The Bertz CT molecular complexity index is 485. The van der Waals surface area contributed by atoms with Crippen LogP contribution in [0.1, 0.15) is 43.6 Å². The Balaban J connectivity index is 2.41. The monoisotopic (exact) mass is 301 g/mol. The largest absolute Gasteiger partial charge is 0.481 e. The average Bonchev–Trinajstić information content (AvgIpc) is 2.36. The van der Waals surface area contributed by atoms with Crippen LogP contribution in [0.2, 0.25) is 10.0 Å². The summed E-state index contributed by atoms with van der Waals surface area (Å²) in [6, 6.07) is 3.18. The van der Waals surface area contributed by atoms with Gasteiger partial charge in [-0.15, -0.1) is 0 Å². The zero-order chi connectivity index (χ0) is 14.0. The predicted molar refractivity (Wildman–Crippen MR) is 77.8 cm³/mol. The van der Waals surface area contributed by atoms with Gasteiger partial charge in [0.25, 0.3) is 0 Å². The van der Waals surface area contributed by atoms with Crippen molar-refractivity contribution in [3.63, 3.8) is 0 Å². The molecule has 19 heavy (non-hydrogen) atoms. The SMILES string of the molecule is Nc1c(Cl)cc(Cl)cc1C(C(=O)O)C1CCCCC1. The van der Waals surface area contributed by atoms with Gasteiger partial charge >= 0.3 is 5.97 Å². The molecular weight excluding hydrogens is 285 g/mol. The maximum Gasteiger partial charge on any atom is 0.311 e. The Morgan fingerprint density at radius 2 is 1.89 bits per heavy atom. The molecule has 1 aromatic carbocycles. The van der Waals surface area contributed by atoms with Crippen molar-refractivity contribution in [3.8, 4) is 0 Å². The van der Waals surface area contributed by atoms with E-state index in [9.17, 15) is 9.90 Å². The molecule has 3 N–H and O–H groups in total.